The minimum absolute atomic E-state index is 0.0793. The van der Waals surface area contributed by atoms with Gasteiger partial charge in [-0.3, -0.25) is 9.10 Å². The number of aryl methyl sites for hydroxylation is 2. The van der Waals surface area contributed by atoms with E-state index in [9.17, 15) is 13.2 Å². The van der Waals surface area contributed by atoms with E-state index in [4.69, 9.17) is 4.74 Å². The molecule has 0 saturated carbocycles. The number of benzene rings is 2. The van der Waals surface area contributed by atoms with Crippen LogP contribution in [-0.4, -0.2) is 34.2 Å². The van der Waals surface area contributed by atoms with Crippen LogP contribution in [-0.2, 0) is 27.7 Å². The van der Waals surface area contributed by atoms with Gasteiger partial charge in [0.2, 0.25) is 15.9 Å². The van der Waals surface area contributed by atoms with Gasteiger partial charge < -0.3 is 10.1 Å². The Morgan fingerprint density at radius 3 is 2.58 bits per heavy atom. The van der Waals surface area contributed by atoms with Crippen molar-refractivity contribution in [2.75, 3.05) is 24.2 Å². The van der Waals surface area contributed by atoms with Crippen LogP contribution in [0.25, 0.3) is 0 Å². The zero-order valence-electron chi connectivity index (χ0n) is 18.6. The number of amides is 1. The number of nitrogens with one attached hydrogen (secondary N) is 1. The SMILES string of the molecule is COc1cccc(N(CCCC(=O)N[C@@H](C)c2ccc3c(c2)CCCC3)S(C)(=O)=O)c1. The van der Waals surface area contributed by atoms with Crippen molar-refractivity contribution in [3.05, 3.63) is 59.2 Å². The summed E-state index contributed by atoms with van der Waals surface area (Å²) in [6, 6.07) is 13.3. The van der Waals surface area contributed by atoms with Gasteiger partial charge in [0, 0.05) is 19.0 Å². The van der Waals surface area contributed by atoms with Crippen LogP contribution in [0.3, 0.4) is 0 Å². The highest BCUT2D eigenvalue weighted by atomic mass is 32.2. The monoisotopic (exact) mass is 444 g/mol. The molecular weight excluding hydrogens is 412 g/mol. The van der Waals surface area contributed by atoms with E-state index < -0.39 is 10.0 Å². The summed E-state index contributed by atoms with van der Waals surface area (Å²) < 4.78 is 31.1. The molecule has 1 aliphatic rings. The average molecular weight is 445 g/mol. The van der Waals surface area contributed by atoms with Crippen LogP contribution in [0, 0.1) is 0 Å². The molecule has 7 heteroatoms. The third kappa shape index (κ3) is 6.23. The number of anilines is 1. The lowest BCUT2D eigenvalue weighted by molar-refractivity contribution is -0.121. The van der Waals surface area contributed by atoms with E-state index in [1.165, 1.54) is 41.6 Å². The van der Waals surface area contributed by atoms with Crippen molar-refractivity contribution in [2.45, 2.75) is 51.5 Å². The van der Waals surface area contributed by atoms with E-state index in [0.717, 1.165) is 18.4 Å². The lowest BCUT2D eigenvalue weighted by atomic mass is 9.89. The average Bonchev–Trinajstić information content (AvgIpc) is 2.75. The lowest BCUT2D eigenvalue weighted by Gasteiger charge is -2.23. The quantitative estimate of drug-likeness (QED) is 0.634. The van der Waals surface area contributed by atoms with Gasteiger partial charge in [-0.15, -0.1) is 0 Å². The predicted molar refractivity (Wildman–Crippen MR) is 124 cm³/mol. The summed E-state index contributed by atoms with van der Waals surface area (Å²) in [4.78, 5) is 12.5. The molecule has 0 spiro atoms. The minimum atomic E-state index is -3.47. The normalized spacial score (nSPS) is 14.4. The number of fused-ring (bicyclic) bond motifs is 1. The number of nitrogens with zero attached hydrogens (tertiary/aromatic N) is 1. The Labute approximate surface area is 185 Å². The van der Waals surface area contributed by atoms with Crippen molar-refractivity contribution < 1.29 is 17.9 Å². The third-order valence-electron chi connectivity index (χ3n) is 5.76. The summed E-state index contributed by atoms with van der Waals surface area (Å²) in [6.07, 6.45) is 6.57. The van der Waals surface area contributed by atoms with E-state index in [0.29, 0.717) is 17.9 Å². The van der Waals surface area contributed by atoms with E-state index in [-0.39, 0.29) is 24.9 Å². The van der Waals surface area contributed by atoms with Gasteiger partial charge in [0.1, 0.15) is 5.75 Å². The summed E-state index contributed by atoms with van der Waals surface area (Å²) in [5, 5.41) is 3.05. The maximum atomic E-state index is 12.5. The Balaban J connectivity index is 1.56. The second-order valence-corrected chi connectivity index (χ2v) is 10.1. The summed E-state index contributed by atoms with van der Waals surface area (Å²) in [6.45, 7) is 2.22. The molecule has 1 aliphatic carbocycles. The van der Waals surface area contributed by atoms with Crippen LogP contribution in [0.5, 0.6) is 5.75 Å². The van der Waals surface area contributed by atoms with Crippen LogP contribution >= 0.6 is 0 Å². The van der Waals surface area contributed by atoms with Gasteiger partial charge in [0.05, 0.1) is 25.1 Å². The molecule has 6 nitrogen and oxygen atoms in total. The highest BCUT2D eigenvalue weighted by Gasteiger charge is 2.19. The van der Waals surface area contributed by atoms with Crippen LogP contribution in [0.2, 0.25) is 0 Å². The van der Waals surface area contributed by atoms with Gasteiger partial charge in [0.15, 0.2) is 0 Å². The molecule has 2 aromatic rings. The summed E-state index contributed by atoms with van der Waals surface area (Å²) >= 11 is 0. The zero-order chi connectivity index (χ0) is 22.4. The Bertz CT molecular complexity index is 1020. The lowest BCUT2D eigenvalue weighted by Crippen LogP contribution is -2.32. The Kier molecular flexibility index (Phi) is 7.59. The van der Waals surface area contributed by atoms with Crippen LogP contribution in [0.4, 0.5) is 5.69 Å². The molecule has 0 bridgehead atoms. The highest BCUT2D eigenvalue weighted by Crippen LogP contribution is 2.25. The van der Waals surface area contributed by atoms with Crippen molar-refractivity contribution in [3.63, 3.8) is 0 Å². The maximum absolute atomic E-state index is 12.5. The van der Waals surface area contributed by atoms with E-state index in [1.807, 2.05) is 6.92 Å². The molecule has 0 fully saturated rings. The second-order valence-electron chi connectivity index (χ2n) is 8.16. The minimum Gasteiger partial charge on any atom is -0.497 e. The molecule has 0 heterocycles. The van der Waals surface area contributed by atoms with Gasteiger partial charge in [-0.25, -0.2) is 8.42 Å². The standard InChI is InChI=1S/C24H32N2O4S/c1-18(20-14-13-19-8-4-5-9-21(19)16-20)25-24(27)12-7-15-26(31(3,28)29)22-10-6-11-23(17-22)30-2/h6,10-11,13-14,16-18H,4-5,7-9,12,15H2,1-3H3,(H,25,27)/t18-/m0/s1. The summed E-state index contributed by atoms with van der Waals surface area (Å²) in [5.74, 6) is 0.507. The number of rotatable bonds is 9. The molecule has 2 aromatic carbocycles. The summed E-state index contributed by atoms with van der Waals surface area (Å²) in [7, 11) is -1.93. The van der Waals surface area contributed by atoms with E-state index >= 15 is 0 Å². The van der Waals surface area contributed by atoms with Gasteiger partial charge >= 0.3 is 0 Å². The van der Waals surface area contributed by atoms with Crippen molar-refractivity contribution in [2.24, 2.45) is 0 Å². The number of methoxy groups -OCH3 is 1. The summed E-state index contributed by atoms with van der Waals surface area (Å²) in [5.41, 5.74) is 4.46. The van der Waals surface area contributed by atoms with Gasteiger partial charge in [-0.1, -0.05) is 24.3 Å². The largest absolute Gasteiger partial charge is 0.497 e. The molecule has 0 radical (unpaired) electrons. The van der Waals surface area contributed by atoms with Crippen molar-refractivity contribution in [3.8, 4) is 5.75 Å². The molecule has 0 saturated heterocycles. The molecule has 0 aliphatic heterocycles. The molecular formula is C24H32N2O4S. The first kappa shape index (κ1) is 23.1. The number of carbonyl (C=O) groups is 1. The molecule has 1 amide bonds. The third-order valence-corrected chi connectivity index (χ3v) is 6.95. The second kappa shape index (κ2) is 10.2. The molecule has 1 N–H and O–H groups in total. The number of hydrogen-bond donors (Lipinski definition) is 1. The van der Waals surface area contributed by atoms with Crippen LogP contribution in [0.1, 0.15) is 55.3 Å². The van der Waals surface area contributed by atoms with Crippen molar-refractivity contribution in [1.29, 1.82) is 0 Å². The highest BCUT2D eigenvalue weighted by molar-refractivity contribution is 7.92. The number of carbonyl (C=O) groups excluding carboxylic acids is 1. The molecule has 0 unspecified atom stereocenters. The number of ether oxygens (including phenoxy) is 1. The van der Waals surface area contributed by atoms with E-state index in [1.54, 1.807) is 24.3 Å². The zero-order valence-corrected chi connectivity index (χ0v) is 19.4. The van der Waals surface area contributed by atoms with Gasteiger partial charge in [-0.05, 0) is 67.9 Å². The Hall–Kier alpha value is -2.54. The number of hydrogen-bond acceptors (Lipinski definition) is 4. The fourth-order valence-electron chi connectivity index (χ4n) is 4.05. The molecule has 1 atom stereocenters. The molecule has 31 heavy (non-hydrogen) atoms. The van der Waals surface area contributed by atoms with Crippen molar-refractivity contribution in [1.82, 2.24) is 5.32 Å². The van der Waals surface area contributed by atoms with Crippen LogP contribution < -0.4 is 14.4 Å². The Morgan fingerprint density at radius 2 is 1.87 bits per heavy atom. The molecule has 0 aromatic heterocycles. The first-order chi connectivity index (χ1) is 14.8. The molecule has 3 rings (SSSR count). The first-order valence-electron chi connectivity index (χ1n) is 10.8. The fraction of sp³-hybridized carbons (Fsp3) is 0.458. The molecule has 168 valence electrons. The number of sulfonamides is 1. The maximum Gasteiger partial charge on any atom is 0.232 e. The smallest absolute Gasteiger partial charge is 0.232 e. The van der Waals surface area contributed by atoms with Crippen molar-refractivity contribution >= 4 is 21.6 Å². The Morgan fingerprint density at radius 1 is 1.13 bits per heavy atom. The van der Waals surface area contributed by atoms with Gasteiger partial charge in [0.25, 0.3) is 0 Å². The van der Waals surface area contributed by atoms with Gasteiger partial charge in [-0.2, -0.15) is 0 Å². The van der Waals surface area contributed by atoms with E-state index in [2.05, 4.69) is 23.5 Å². The first-order valence-corrected chi connectivity index (χ1v) is 12.7. The van der Waals surface area contributed by atoms with Crippen LogP contribution in [0.15, 0.2) is 42.5 Å². The fourth-order valence-corrected chi connectivity index (χ4v) is 5.01. The predicted octanol–water partition coefficient (Wildman–Crippen LogP) is 4.00. The topological polar surface area (TPSA) is 75.7 Å².